The van der Waals surface area contributed by atoms with Crippen LogP contribution in [0.1, 0.15) is 29.7 Å². The zero-order chi connectivity index (χ0) is 13.1. The van der Waals surface area contributed by atoms with E-state index in [-0.39, 0.29) is 0 Å². The van der Waals surface area contributed by atoms with Crippen LogP contribution >= 0.6 is 0 Å². The van der Waals surface area contributed by atoms with Crippen LogP contribution in [-0.4, -0.2) is 14.9 Å². The van der Waals surface area contributed by atoms with Crippen LogP contribution in [0.25, 0.3) is 0 Å². The summed E-state index contributed by atoms with van der Waals surface area (Å²) in [4.78, 5) is 0. The molecule has 1 heterocycles. The average molecular weight is 246 g/mol. The molecule has 0 aliphatic carbocycles. The van der Waals surface area contributed by atoms with Crippen LogP contribution in [0, 0.1) is 6.92 Å². The lowest BCUT2D eigenvalue weighted by molar-refractivity contribution is 0.199. The maximum absolute atomic E-state index is 9.50. The molecular formula is C14H18N2O2. The molecule has 0 spiro atoms. The van der Waals surface area contributed by atoms with Gasteiger partial charge >= 0.3 is 0 Å². The second-order valence-electron chi connectivity index (χ2n) is 4.51. The third-order valence-corrected chi connectivity index (χ3v) is 2.83. The second-order valence-corrected chi connectivity index (χ2v) is 4.51. The van der Waals surface area contributed by atoms with Crippen molar-refractivity contribution >= 4 is 0 Å². The van der Waals surface area contributed by atoms with Crippen LogP contribution in [0.3, 0.4) is 0 Å². The van der Waals surface area contributed by atoms with Crippen LogP contribution in [-0.2, 0) is 13.7 Å². The Morgan fingerprint density at radius 3 is 2.78 bits per heavy atom. The number of aliphatic hydroxyl groups excluding tert-OH is 1. The highest BCUT2D eigenvalue weighted by molar-refractivity contribution is 5.37. The maximum atomic E-state index is 9.50. The zero-order valence-electron chi connectivity index (χ0n) is 10.9. The number of aryl methyl sites for hydroxylation is 2. The molecule has 0 aliphatic heterocycles. The molecule has 0 radical (unpaired) electrons. The molecule has 0 bridgehead atoms. The molecule has 1 aromatic carbocycles. The van der Waals surface area contributed by atoms with Gasteiger partial charge in [0.15, 0.2) is 0 Å². The fourth-order valence-corrected chi connectivity index (χ4v) is 1.80. The Morgan fingerprint density at radius 1 is 1.44 bits per heavy atom. The Morgan fingerprint density at radius 2 is 2.22 bits per heavy atom. The summed E-state index contributed by atoms with van der Waals surface area (Å²) in [6.07, 6.45) is 3.27. The quantitative estimate of drug-likeness (QED) is 0.900. The number of aromatic nitrogens is 2. The van der Waals surface area contributed by atoms with E-state index in [1.807, 2.05) is 38.4 Å². The first-order valence-electron chi connectivity index (χ1n) is 5.95. The lowest BCUT2D eigenvalue weighted by Gasteiger charge is -2.11. The van der Waals surface area contributed by atoms with Gasteiger partial charge in [0.25, 0.3) is 0 Å². The predicted molar refractivity (Wildman–Crippen MR) is 69.4 cm³/mol. The van der Waals surface area contributed by atoms with Gasteiger partial charge in [-0.05, 0) is 37.1 Å². The minimum absolute atomic E-state index is 0.448. The van der Waals surface area contributed by atoms with E-state index < -0.39 is 6.10 Å². The van der Waals surface area contributed by atoms with Gasteiger partial charge in [0.2, 0.25) is 0 Å². The largest absolute Gasteiger partial charge is 0.489 e. The highest BCUT2D eigenvalue weighted by Gasteiger charge is 2.05. The molecular weight excluding hydrogens is 228 g/mol. The number of aliphatic hydroxyl groups is 1. The number of rotatable bonds is 4. The van der Waals surface area contributed by atoms with Gasteiger partial charge in [0.1, 0.15) is 12.4 Å². The number of hydrogen-bond acceptors (Lipinski definition) is 3. The Balaban J connectivity index is 2.05. The predicted octanol–water partition coefficient (Wildman–Crippen LogP) is 2.36. The summed E-state index contributed by atoms with van der Waals surface area (Å²) in [5, 5.41) is 13.6. The van der Waals surface area contributed by atoms with Crippen LogP contribution in [0.2, 0.25) is 0 Å². The van der Waals surface area contributed by atoms with Crippen molar-refractivity contribution in [2.75, 3.05) is 0 Å². The van der Waals surface area contributed by atoms with E-state index in [0.717, 1.165) is 22.4 Å². The van der Waals surface area contributed by atoms with E-state index in [9.17, 15) is 5.11 Å². The van der Waals surface area contributed by atoms with Crippen molar-refractivity contribution in [1.29, 1.82) is 0 Å². The standard InChI is InChI=1S/C14H18N2O2/c1-10-6-13(11(2)17)4-5-14(10)18-9-12-7-15-16(3)8-12/h4-8,11,17H,9H2,1-3H3/t11-/m0/s1. The fourth-order valence-electron chi connectivity index (χ4n) is 1.80. The summed E-state index contributed by atoms with van der Waals surface area (Å²) in [6, 6.07) is 5.73. The topological polar surface area (TPSA) is 47.3 Å². The first kappa shape index (κ1) is 12.6. The molecule has 0 fully saturated rings. The van der Waals surface area contributed by atoms with Crippen molar-refractivity contribution < 1.29 is 9.84 Å². The fraction of sp³-hybridized carbons (Fsp3) is 0.357. The number of hydrogen-bond donors (Lipinski definition) is 1. The van der Waals surface area contributed by atoms with Crippen molar-refractivity contribution in [3.63, 3.8) is 0 Å². The highest BCUT2D eigenvalue weighted by Crippen LogP contribution is 2.23. The summed E-state index contributed by atoms with van der Waals surface area (Å²) in [6.45, 7) is 4.23. The molecule has 0 aliphatic rings. The van der Waals surface area contributed by atoms with Crippen molar-refractivity contribution in [2.24, 2.45) is 7.05 Å². The minimum Gasteiger partial charge on any atom is -0.489 e. The molecule has 4 nitrogen and oxygen atoms in total. The lowest BCUT2D eigenvalue weighted by atomic mass is 10.1. The van der Waals surface area contributed by atoms with E-state index >= 15 is 0 Å². The summed E-state index contributed by atoms with van der Waals surface area (Å²) >= 11 is 0. The Hall–Kier alpha value is -1.81. The van der Waals surface area contributed by atoms with Crippen molar-refractivity contribution in [3.05, 3.63) is 47.3 Å². The second kappa shape index (κ2) is 5.23. The van der Waals surface area contributed by atoms with Gasteiger partial charge in [-0.2, -0.15) is 5.10 Å². The zero-order valence-corrected chi connectivity index (χ0v) is 10.9. The Labute approximate surface area is 107 Å². The van der Waals surface area contributed by atoms with Gasteiger partial charge < -0.3 is 9.84 Å². The van der Waals surface area contributed by atoms with Gasteiger partial charge in [-0.1, -0.05) is 6.07 Å². The molecule has 2 rings (SSSR count). The van der Waals surface area contributed by atoms with Crippen LogP contribution in [0.5, 0.6) is 5.75 Å². The molecule has 4 heteroatoms. The van der Waals surface area contributed by atoms with Crippen LogP contribution < -0.4 is 4.74 Å². The van der Waals surface area contributed by atoms with E-state index in [1.54, 1.807) is 17.8 Å². The summed E-state index contributed by atoms with van der Waals surface area (Å²) in [7, 11) is 1.88. The molecule has 1 aromatic heterocycles. The number of ether oxygens (including phenoxy) is 1. The van der Waals surface area contributed by atoms with E-state index in [2.05, 4.69) is 5.10 Å². The van der Waals surface area contributed by atoms with Gasteiger partial charge in [-0.3, -0.25) is 4.68 Å². The monoisotopic (exact) mass is 246 g/mol. The van der Waals surface area contributed by atoms with Crippen molar-refractivity contribution in [1.82, 2.24) is 9.78 Å². The van der Waals surface area contributed by atoms with Crippen molar-refractivity contribution in [3.8, 4) is 5.75 Å². The van der Waals surface area contributed by atoms with Gasteiger partial charge in [0, 0.05) is 18.8 Å². The van der Waals surface area contributed by atoms with E-state index in [0.29, 0.717) is 6.61 Å². The van der Waals surface area contributed by atoms with Crippen LogP contribution in [0.4, 0.5) is 0 Å². The SMILES string of the molecule is Cc1cc([C@H](C)O)ccc1OCc1cnn(C)c1. The number of benzene rings is 1. The first-order chi connectivity index (χ1) is 8.56. The third-order valence-electron chi connectivity index (χ3n) is 2.83. The molecule has 0 saturated heterocycles. The number of nitrogens with zero attached hydrogens (tertiary/aromatic N) is 2. The summed E-state index contributed by atoms with van der Waals surface area (Å²) in [5.74, 6) is 0.836. The molecule has 0 unspecified atom stereocenters. The molecule has 1 atom stereocenters. The highest BCUT2D eigenvalue weighted by atomic mass is 16.5. The normalized spacial score (nSPS) is 12.4. The van der Waals surface area contributed by atoms with E-state index in [1.165, 1.54) is 0 Å². The van der Waals surface area contributed by atoms with Gasteiger partial charge in [-0.25, -0.2) is 0 Å². The molecule has 96 valence electrons. The molecule has 2 aromatic rings. The van der Waals surface area contributed by atoms with Crippen LogP contribution in [0.15, 0.2) is 30.6 Å². The molecule has 0 saturated carbocycles. The molecule has 0 amide bonds. The minimum atomic E-state index is -0.448. The van der Waals surface area contributed by atoms with Gasteiger partial charge in [-0.15, -0.1) is 0 Å². The average Bonchev–Trinajstić information content (AvgIpc) is 2.73. The third kappa shape index (κ3) is 2.90. The Bertz CT molecular complexity index is 532. The molecule has 1 N–H and O–H groups in total. The molecule has 18 heavy (non-hydrogen) atoms. The Kier molecular flexibility index (Phi) is 3.67. The summed E-state index contributed by atoms with van der Waals surface area (Å²) in [5.41, 5.74) is 2.97. The van der Waals surface area contributed by atoms with Gasteiger partial charge in [0.05, 0.1) is 12.3 Å². The maximum Gasteiger partial charge on any atom is 0.122 e. The first-order valence-corrected chi connectivity index (χ1v) is 5.95. The smallest absolute Gasteiger partial charge is 0.122 e. The summed E-state index contributed by atoms with van der Waals surface area (Å²) < 4.78 is 7.49. The lowest BCUT2D eigenvalue weighted by Crippen LogP contribution is -1.98. The van der Waals surface area contributed by atoms with E-state index in [4.69, 9.17) is 4.74 Å². The van der Waals surface area contributed by atoms with Crippen molar-refractivity contribution in [2.45, 2.75) is 26.6 Å².